The molecule has 223 valence electrons. The molecule has 1 radical (unpaired) electrons. The molecule has 4 aromatic carbocycles. The predicted octanol–water partition coefficient (Wildman–Crippen LogP) is -1.74. The summed E-state index contributed by atoms with van der Waals surface area (Å²) in [5, 5.41) is 7.05. The van der Waals surface area contributed by atoms with Crippen LogP contribution in [0, 0.1) is 0 Å². The van der Waals surface area contributed by atoms with Crippen molar-refractivity contribution >= 4 is 33.4 Å². The van der Waals surface area contributed by atoms with Crippen LogP contribution in [0.25, 0.3) is 45.1 Å². The van der Waals surface area contributed by atoms with Crippen molar-refractivity contribution in [1.29, 1.82) is 0 Å². The Morgan fingerprint density at radius 3 is 1.25 bits per heavy atom. The Balaban J connectivity index is 0.00000132. The second-order valence-corrected chi connectivity index (χ2v) is 9.51. The standard InChI is InChI=1S/C33H27N7.3ClH.V/c1-3-12-24(13-4-1)34-22-39-30-20-9-7-16-26(30)37-32(39)28-18-11-19-29(36-28)33-38-27-17-8-10-21-31(27)40(33)23-35-25-14-5-2-6-15-25;;;;/h1-21,34-35H,22-23H2;3*1H;/p-3. The third-order valence-electron chi connectivity index (χ3n) is 6.95. The summed E-state index contributed by atoms with van der Waals surface area (Å²) in [4.78, 5) is 15.1. The van der Waals surface area contributed by atoms with Crippen molar-refractivity contribution in [2.75, 3.05) is 10.6 Å². The van der Waals surface area contributed by atoms with E-state index >= 15 is 0 Å². The maximum absolute atomic E-state index is 5.11. The van der Waals surface area contributed by atoms with Crippen LogP contribution < -0.4 is 47.9 Å². The van der Waals surface area contributed by atoms with Crippen molar-refractivity contribution in [3.63, 3.8) is 0 Å². The van der Waals surface area contributed by atoms with Crippen LogP contribution in [0.3, 0.4) is 0 Å². The zero-order chi connectivity index (χ0) is 26.7. The van der Waals surface area contributed by atoms with Gasteiger partial charge in [-0.15, -0.1) is 0 Å². The van der Waals surface area contributed by atoms with Crippen LogP contribution >= 0.6 is 0 Å². The van der Waals surface area contributed by atoms with Crippen LogP contribution in [-0.4, -0.2) is 24.1 Å². The van der Waals surface area contributed by atoms with E-state index in [2.05, 4.69) is 56.2 Å². The summed E-state index contributed by atoms with van der Waals surface area (Å²) in [5.74, 6) is 1.60. The Morgan fingerprint density at radius 1 is 0.432 bits per heavy atom. The van der Waals surface area contributed by atoms with Gasteiger partial charge in [0, 0.05) is 29.9 Å². The molecule has 7 aromatic rings. The molecule has 3 heterocycles. The number of hydrogen-bond donors (Lipinski definition) is 2. The van der Waals surface area contributed by atoms with Crippen LogP contribution in [0.2, 0.25) is 0 Å². The van der Waals surface area contributed by atoms with Gasteiger partial charge in [0.05, 0.1) is 35.4 Å². The van der Waals surface area contributed by atoms with Gasteiger partial charge >= 0.3 is 0 Å². The Kier molecular flexibility index (Phi) is 12.3. The van der Waals surface area contributed by atoms with Gasteiger partial charge in [0.25, 0.3) is 0 Å². The quantitative estimate of drug-likeness (QED) is 0.200. The van der Waals surface area contributed by atoms with Gasteiger partial charge in [0.2, 0.25) is 0 Å². The smallest absolute Gasteiger partial charge is 0.161 e. The first-order valence-corrected chi connectivity index (χ1v) is 13.3. The Morgan fingerprint density at radius 2 is 0.818 bits per heavy atom. The van der Waals surface area contributed by atoms with E-state index < -0.39 is 0 Å². The minimum atomic E-state index is 0. The van der Waals surface area contributed by atoms with Gasteiger partial charge in [-0.3, -0.25) is 0 Å². The zero-order valence-electron chi connectivity index (χ0n) is 23.4. The zero-order valence-corrected chi connectivity index (χ0v) is 27.0. The summed E-state index contributed by atoms with van der Waals surface area (Å²) in [6.45, 7) is 1.12. The van der Waals surface area contributed by atoms with E-state index in [1.807, 2.05) is 91.0 Å². The van der Waals surface area contributed by atoms with Crippen molar-refractivity contribution in [2.45, 2.75) is 13.3 Å². The second-order valence-electron chi connectivity index (χ2n) is 9.51. The molecule has 0 unspecified atom stereocenters. The van der Waals surface area contributed by atoms with Crippen molar-refractivity contribution in [1.82, 2.24) is 24.1 Å². The molecule has 0 aliphatic heterocycles. The van der Waals surface area contributed by atoms with Crippen LogP contribution in [-0.2, 0) is 31.9 Å². The van der Waals surface area contributed by atoms with Gasteiger partial charge in [-0.25, -0.2) is 15.0 Å². The maximum atomic E-state index is 5.11. The molecule has 44 heavy (non-hydrogen) atoms. The minimum absolute atomic E-state index is 0. The van der Waals surface area contributed by atoms with E-state index in [1.54, 1.807) is 0 Å². The molecule has 0 amide bonds. The molecule has 7 rings (SSSR count). The average Bonchev–Trinajstić information content (AvgIpc) is 3.59. The molecule has 2 N–H and O–H groups in total. The molecule has 0 saturated carbocycles. The van der Waals surface area contributed by atoms with Crippen molar-refractivity contribution in [3.05, 3.63) is 127 Å². The molecule has 3 aromatic heterocycles. The fourth-order valence-electron chi connectivity index (χ4n) is 5.00. The molecule has 7 nitrogen and oxygen atoms in total. The number of pyridine rings is 1. The third kappa shape index (κ3) is 7.04. The van der Waals surface area contributed by atoms with Crippen molar-refractivity contribution in [3.8, 4) is 23.0 Å². The van der Waals surface area contributed by atoms with Crippen LogP contribution in [0.1, 0.15) is 0 Å². The number of rotatable bonds is 8. The summed E-state index contributed by atoms with van der Waals surface area (Å²) in [6.07, 6.45) is 0. The largest absolute Gasteiger partial charge is 1.00 e. The van der Waals surface area contributed by atoms with E-state index in [0.29, 0.717) is 13.3 Å². The van der Waals surface area contributed by atoms with Gasteiger partial charge in [0.15, 0.2) is 11.6 Å². The van der Waals surface area contributed by atoms with Gasteiger partial charge in [-0.05, 0) is 60.7 Å². The minimum Gasteiger partial charge on any atom is -1.00 e. The molecule has 0 bridgehead atoms. The summed E-state index contributed by atoms with van der Waals surface area (Å²) < 4.78 is 4.35. The second kappa shape index (κ2) is 15.7. The van der Waals surface area contributed by atoms with Crippen LogP contribution in [0.5, 0.6) is 0 Å². The number of anilines is 2. The molecule has 11 heteroatoms. The number of nitrogens with one attached hydrogen (secondary N) is 2. The van der Waals surface area contributed by atoms with E-state index in [-0.39, 0.29) is 55.8 Å². The van der Waals surface area contributed by atoms with Crippen LogP contribution in [0.4, 0.5) is 11.4 Å². The molecular formula is C33H27Cl3N7V-3. The summed E-state index contributed by atoms with van der Waals surface area (Å²) in [5.41, 5.74) is 7.63. The Hall–Kier alpha value is -3.98. The number of halogens is 3. The van der Waals surface area contributed by atoms with E-state index in [4.69, 9.17) is 15.0 Å². The average molecular weight is 679 g/mol. The van der Waals surface area contributed by atoms with Crippen molar-refractivity contribution in [2.24, 2.45) is 0 Å². The molecule has 0 spiro atoms. The van der Waals surface area contributed by atoms with Gasteiger partial charge in [-0.2, -0.15) is 0 Å². The normalized spacial score (nSPS) is 10.2. The number of fused-ring (bicyclic) bond motifs is 2. The first-order valence-electron chi connectivity index (χ1n) is 13.3. The fraction of sp³-hybridized carbons (Fsp3) is 0.0606. The Bertz CT molecular complexity index is 1790. The molecular weight excluding hydrogens is 652 g/mol. The molecule has 0 aliphatic rings. The third-order valence-corrected chi connectivity index (χ3v) is 6.95. The number of benzene rings is 4. The van der Waals surface area contributed by atoms with Crippen molar-refractivity contribution < 1.29 is 55.8 Å². The SMILES string of the molecule is [Cl-].[Cl-].[Cl-].[V].c1ccc(NCn2c(-c3cccc(-c4nc5ccccc5n4CNc4ccccc4)n3)nc3ccccc32)cc1. The first kappa shape index (κ1) is 34.5. The topological polar surface area (TPSA) is 72.6 Å². The maximum Gasteiger partial charge on any atom is 0.161 e. The van der Waals surface area contributed by atoms with E-state index in [0.717, 1.165) is 56.5 Å². The Labute approximate surface area is 286 Å². The first-order chi connectivity index (χ1) is 19.8. The monoisotopic (exact) mass is 677 g/mol. The van der Waals surface area contributed by atoms with E-state index in [9.17, 15) is 0 Å². The number of para-hydroxylation sites is 6. The van der Waals surface area contributed by atoms with Crippen LogP contribution in [0.15, 0.2) is 127 Å². The molecule has 0 aliphatic carbocycles. The summed E-state index contributed by atoms with van der Waals surface area (Å²) in [6, 6.07) is 42.8. The summed E-state index contributed by atoms with van der Waals surface area (Å²) in [7, 11) is 0. The molecule has 0 saturated heterocycles. The fourth-order valence-corrected chi connectivity index (χ4v) is 5.00. The number of aromatic nitrogens is 5. The van der Waals surface area contributed by atoms with Gasteiger partial charge in [-0.1, -0.05) is 66.7 Å². The summed E-state index contributed by atoms with van der Waals surface area (Å²) >= 11 is 0. The van der Waals surface area contributed by atoms with E-state index in [1.165, 1.54) is 0 Å². The number of nitrogens with zero attached hydrogens (tertiary/aromatic N) is 5. The molecule has 0 atom stereocenters. The predicted molar refractivity (Wildman–Crippen MR) is 162 cm³/mol. The number of imidazole rings is 2. The van der Waals surface area contributed by atoms with Gasteiger partial charge < -0.3 is 57.0 Å². The number of hydrogen-bond acceptors (Lipinski definition) is 5. The van der Waals surface area contributed by atoms with Gasteiger partial charge in [0.1, 0.15) is 11.4 Å². The molecule has 0 fully saturated rings.